The fraction of sp³-hybridized carbons (Fsp3) is 0.909. The van der Waals surface area contributed by atoms with Crippen LogP contribution in [0.15, 0.2) is 0 Å². The predicted octanol–water partition coefficient (Wildman–Crippen LogP) is 1.30. The van der Waals surface area contributed by atoms with Crippen LogP contribution in [0.4, 0.5) is 0 Å². The summed E-state index contributed by atoms with van der Waals surface area (Å²) < 4.78 is 0. The molecule has 0 aliphatic carbocycles. The van der Waals surface area contributed by atoms with Crippen LogP contribution in [0, 0.1) is 5.92 Å². The van der Waals surface area contributed by atoms with Gasteiger partial charge in [0.2, 0.25) is 5.91 Å². The molecule has 2 aliphatic rings. The maximum Gasteiger partial charge on any atom is 0.240 e. The number of carbonyl (C=O) groups is 1. The number of thioether (sulfide) groups is 1. The third-order valence-electron chi connectivity index (χ3n) is 3.44. The average Bonchev–Trinajstić information content (AvgIpc) is 2.69. The number of hydrogen-bond donors (Lipinski definition) is 1. The quantitative estimate of drug-likeness (QED) is 0.734. The van der Waals surface area contributed by atoms with Gasteiger partial charge >= 0.3 is 0 Å². The average molecular weight is 228 g/mol. The highest BCUT2D eigenvalue weighted by Gasteiger charge is 2.32. The molecule has 3 atom stereocenters. The van der Waals surface area contributed by atoms with Gasteiger partial charge in [0.05, 0.1) is 6.04 Å². The fourth-order valence-corrected chi connectivity index (χ4v) is 3.42. The normalized spacial score (nSPS) is 36.9. The van der Waals surface area contributed by atoms with Crippen LogP contribution < -0.4 is 5.32 Å². The first kappa shape index (κ1) is 11.3. The lowest BCUT2D eigenvalue weighted by Crippen LogP contribution is -2.51. The summed E-state index contributed by atoms with van der Waals surface area (Å²) in [5.74, 6) is 2.96. The van der Waals surface area contributed by atoms with E-state index >= 15 is 0 Å². The highest BCUT2D eigenvalue weighted by atomic mass is 32.2. The van der Waals surface area contributed by atoms with E-state index in [2.05, 4.69) is 24.1 Å². The number of hydrogen-bond acceptors (Lipinski definition) is 3. The first-order valence-electron chi connectivity index (χ1n) is 5.80. The molecule has 2 aliphatic heterocycles. The largest absolute Gasteiger partial charge is 0.339 e. The number of nitrogens with zero attached hydrogens (tertiary/aromatic N) is 1. The van der Waals surface area contributed by atoms with E-state index in [1.807, 2.05) is 11.8 Å². The van der Waals surface area contributed by atoms with E-state index in [9.17, 15) is 4.79 Å². The van der Waals surface area contributed by atoms with Gasteiger partial charge in [0.25, 0.3) is 0 Å². The number of rotatable bonds is 1. The number of nitrogens with one attached hydrogen (secondary N) is 1. The molecule has 1 amide bonds. The van der Waals surface area contributed by atoms with Crippen molar-refractivity contribution in [3.05, 3.63) is 0 Å². The van der Waals surface area contributed by atoms with Gasteiger partial charge in [0, 0.05) is 24.2 Å². The molecule has 15 heavy (non-hydrogen) atoms. The Hall–Kier alpha value is -0.220. The van der Waals surface area contributed by atoms with Crippen molar-refractivity contribution in [1.29, 1.82) is 0 Å². The molecule has 86 valence electrons. The summed E-state index contributed by atoms with van der Waals surface area (Å²) in [7, 11) is 0. The summed E-state index contributed by atoms with van der Waals surface area (Å²) in [6, 6.07) is 0.500. The molecule has 3 unspecified atom stereocenters. The van der Waals surface area contributed by atoms with Gasteiger partial charge in [-0.2, -0.15) is 0 Å². The topological polar surface area (TPSA) is 32.3 Å². The van der Waals surface area contributed by atoms with Crippen molar-refractivity contribution in [3.63, 3.8) is 0 Å². The molecule has 2 fully saturated rings. The SMILES string of the molecule is CC1CCN(C(=O)C2CSCN2)C(C)C1. The van der Waals surface area contributed by atoms with Crippen molar-refractivity contribution in [1.82, 2.24) is 10.2 Å². The molecule has 0 bridgehead atoms. The summed E-state index contributed by atoms with van der Waals surface area (Å²) in [5.41, 5.74) is 0. The number of likely N-dealkylation sites (tertiary alicyclic amines) is 1. The zero-order valence-electron chi connectivity index (χ0n) is 9.53. The van der Waals surface area contributed by atoms with Crippen molar-refractivity contribution in [2.24, 2.45) is 5.92 Å². The van der Waals surface area contributed by atoms with Crippen LogP contribution in [-0.4, -0.2) is 41.1 Å². The molecule has 0 radical (unpaired) electrons. The Balaban J connectivity index is 1.94. The van der Waals surface area contributed by atoms with Gasteiger partial charge in [0.1, 0.15) is 0 Å². The third kappa shape index (κ3) is 2.48. The van der Waals surface area contributed by atoms with Crippen LogP contribution in [0.3, 0.4) is 0 Å². The first-order valence-corrected chi connectivity index (χ1v) is 6.95. The molecule has 0 spiro atoms. The molecule has 2 heterocycles. The second-order valence-corrected chi connectivity index (χ2v) is 5.81. The molecule has 2 saturated heterocycles. The molecule has 2 rings (SSSR count). The first-order chi connectivity index (χ1) is 7.18. The van der Waals surface area contributed by atoms with Crippen LogP contribution in [-0.2, 0) is 4.79 Å². The number of piperidine rings is 1. The van der Waals surface area contributed by atoms with E-state index in [0.29, 0.717) is 11.9 Å². The van der Waals surface area contributed by atoms with Crippen LogP contribution in [0.1, 0.15) is 26.7 Å². The predicted molar refractivity (Wildman–Crippen MR) is 63.8 cm³/mol. The summed E-state index contributed by atoms with van der Waals surface area (Å²) >= 11 is 1.82. The van der Waals surface area contributed by atoms with E-state index in [1.165, 1.54) is 0 Å². The summed E-state index contributed by atoms with van der Waals surface area (Å²) in [5, 5.41) is 3.26. The van der Waals surface area contributed by atoms with Gasteiger partial charge in [-0.05, 0) is 25.7 Å². The van der Waals surface area contributed by atoms with E-state index in [1.54, 1.807) is 0 Å². The Labute approximate surface area is 96.0 Å². The minimum Gasteiger partial charge on any atom is -0.339 e. The lowest BCUT2D eigenvalue weighted by molar-refractivity contribution is -0.136. The van der Waals surface area contributed by atoms with E-state index < -0.39 is 0 Å². The highest BCUT2D eigenvalue weighted by Crippen LogP contribution is 2.24. The Bertz CT molecular complexity index is 241. The zero-order chi connectivity index (χ0) is 10.8. The van der Waals surface area contributed by atoms with Gasteiger partial charge < -0.3 is 4.90 Å². The van der Waals surface area contributed by atoms with E-state index in [4.69, 9.17) is 0 Å². The van der Waals surface area contributed by atoms with Gasteiger partial charge in [-0.1, -0.05) is 6.92 Å². The van der Waals surface area contributed by atoms with Crippen molar-refractivity contribution in [2.45, 2.75) is 38.8 Å². The standard InChI is InChI=1S/C11H20N2OS/c1-8-3-4-13(9(2)5-8)11(14)10-6-15-7-12-10/h8-10,12H,3-7H2,1-2H3. The molecular formula is C11H20N2OS. The second kappa shape index (κ2) is 4.74. The van der Waals surface area contributed by atoms with Crippen molar-refractivity contribution in [3.8, 4) is 0 Å². The third-order valence-corrected chi connectivity index (χ3v) is 4.38. The van der Waals surface area contributed by atoms with Crippen molar-refractivity contribution in [2.75, 3.05) is 18.2 Å². The zero-order valence-corrected chi connectivity index (χ0v) is 10.3. The summed E-state index contributed by atoms with van der Waals surface area (Å²) in [6.07, 6.45) is 2.32. The van der Waals surface area contributed by atoms with Crippen molar-refractivity contribution < 1.29 is 4.79 Å². The maximum absolute atomic E-state index is 12.2. The van der Waals surface area contributed by atoms with Gasteiger partial charge in [0.15, 0.2) is 0 Å². The molecule has 0 aromatic carbocycles. The van der Waals surface area contributed by atoms with Crippen LogP contribution in [0.5, 0.6) is 0 Å². The molecule has 4 heteroatoms. The molecule has 1 N–H and O–H groups in total. The highest BCUT2D eigenvalue weighted by molar-refractivity contribution is 7.99. The molecule has 0 aromatic heterocycles. The molecular weight excluding hydrogens is 208 g/mol. The molecule has 3 nitrogen and oxygen atoms in total. The maximum atomic E-state index is 12.2. The lowest BCUT2D eigenvalue weighted by Gasteiger charge is -2.37. The fourth-order valence-electron chi connectivity index (χ4n) is 2.49. The van der Waals surface area contributed by atoms with Gasteiger partial charge in [-0.3, -0.25) is 10.1 Å². The lowest BCUT2D eigenvalue weighted by atomic mass is 9.93. The van der Waals surface area contributed by atoms with Gasteiger partial charge in [-0.25, -0.2) is 0 Å². The van der Waals surface area contributed by atoms with Crippen LogP contribution >= 0.6 is 11.8 Å². The molecule has 0 saturated carbocycles. The summed E-state index contributed by atoms with van der Waals surface area (Å²) in [4.78, 5) is 14.2. The van der Waals surface area contributed by atoms with Crippen molar-refractivity contribution >= 4 is 17.7 Å². The number of carbonyl (C=O) groups excluding carboxylic acids is 1. The Kier molecular flexibility index (Phi) is 3.57. The van der Waals surface area contributed by atoms with Crippen LogP contribution in [0.25, 0.3) is 0 Å². The Morgan fingerprint density at radius 1 is 1.47 bits per heavy atom. The summed E-state index contributed by atoms with van der Waals surface area (Å²) in [6.45, 7) is 5.40. The Morgan fingerprint density at radius 2 is 2.27 bits per heavy atom. The van der Waals surface area contributed by atoms with E-state index in [-0.39, 0.29) is 6.04 Å². The monoisotopic (exact) mass is 228 g/mol. The minimum atomic E-state index is 0.0749. The second-order valence-electron chi connectivity index (χ2n) is 4.78. The van der Waals surface area contributed by atoms with E-state index in [0.717, 1.165) is 36.9 Å². The number of amides is 1. The Morgan fingerprint density at radius 3 is 2.87 bits per heavy atom. The van der Waals surface area contributed by atoms with Gasteiger partial charge in [-0.15, -0.1) is 11.8 Å². The molecule has 0 aromatic rings. The van der Waals surface area contributed by atoms with Crippen LogP contribution in [0.2, 0.25) is 0 Å². The smallest absolute Gasteiger partial charge is 0.240 e. The minimum absolute atomic E-state index is 0.0749.